The molecule has 0 bridgehead atoms. The van der Waals surface area contributed by atoms with Gasteiger partial charge in [-0.05, 0) is 148 Å². The topological polar surface area (TPSA) is 3.24 Å². The second-order valence-electron chi connectivity index (χ2n) is 18.0. The highest BCUT2D eigenvalue weighted by Gasteiger charge is 2.50. The molecule has 10 aromatic rings. The van der Waals surface area contributed by atoms with E-state index in [-0.39, 0.29) is 5.41 Å². The average molecular weight is 802 g/mol. The number of anilines is 3. The summed E-state index contributed by atoms with van der Waals surface area (Å²) in [7, 11) is 0. The molecule has 0 heterocycles. The van der Waals surface area contributed by atoms with E-state index in [9.17, 15) is 0 Å². The molecular weight excluding hydrogens is 759 g/mol. The lowest BCUT2D eigenvalue weighted by Gasteiger charge is -2.36. The Labute approximate surface area is 369 Å². The largest absolute Gasteiger partial charge is 0.310 e. The molecule has 3 aliphatic rings. The molecule has 13 rings (SSSR count). The van der Waals surface area contributed by atoms with Crippen molar-refractivity contribution in [2.45, 2.75) is 24.7 Å². The van der Waals surface area contributed by atoms with Gasteiger partial charge >= 0.3 is 0 Å². The van der Waals surface area contributed by atoms with Crippen LogP contribution in [0, 0.1) is 0 Å². The quantitative estimate of drug-likeness (QED) is 0.171. The van der Waals surface area contributed by atoms with Gasteiger partial charge in [-0.25, -0.2) is 0 Å². The fourth-order valence-electron chi connectivity index (χ4n) is 11.6. The molecule has 0 radical (unpaired) electrons. The maximum Gasteiger partial charge on any atom is 0.0725 e. The van der Waals surface area contributed by atoms with Crippen molar-refractivity contribution in [2.24, 2.45) is 0 Å². The van der Waals surface area contributed by atoms with Gasteiger partial charge in [-0.15, -0.1) is 0 Å². The third-order valence-corrected chi connectivity index (χ3v) is 14.5. The molecular formula is C62H43N. The molecule has 1 nitrogen and oxygen atoms in total. The van der Waals surface area contributed by atoms with Gasteiger partial charge in [0, 0.05) is 22.5 Å². The van der Waals surface area contributed by atoms with Gasteiger partial charge in [0.1, 0.15) is 0 Å². The minimum atomic E-state index is -0.565. The van der Waals surface area contributed by atoms with E-state index in [1.807, 2.05) is 0 Å². The van der Waals surface area contributed by atoms with Crippen molar-refractivity contribution in [3.05, 3.63) is 258 Å². The molecule has 10 aromatic carbocycles. The molecule has 1 unspecified atom stereocenters. The van der Waals surface area contributed by atoms with Crippen molar-refractivity contribution in [1.29, 1.82) is 0 Å². The predicted molar refractivity (Wildman–Crippen MR) is 263 cm³/mol. The van der Waals surface area contributed by atoms with Crippen molar-refractivity contribution in [2.75, 3.05) is 4.90 Å². The summed E-state index contributed by atoms with van der Waals surface area (Å²) in [5, 5.41) is 2.52. The molecule has 296 valence electrons. The summed E-state index contributed by atoms with van der Waals surface area (Å²) in [4.78, 5) is 2.48. The smallest absolute Gasteiger partial charge is 0.0725 e. The molecule has 63 heavy (non-hydrogen) atoms. The van der Waals surface area contributed by atoms with E-state index in [4.69, 9.17) is 0 Å². The third-order valence-electron chi connectivity index (χ3n) is 14.5. The maximum atomic E-state index is 2.49. The Hall–Kier alpha value is -7.74. The second-order valence-corrected chi connectivity index (χ2v) is 18.0. The van der Waals surface area contributed by atoms with E-state index in [1.165, 1.54) is 99.8 Å². The van der Waals surface area contributed by atoms with E-state index in [1.54, 1.807) is 0 Å². The van der Waals surface area contributed by atoms with Gasteiger partial charge in [-0.2, -0.15) is 0 Å². The first-order valence-electron chi connectivity index (χ1n) is 22.2. The first-order valence-corrected chi connectivity index (χ1v) is 22.2. The number of benzene rings is 10. The van der Waals surface area contributed by atoms with Crippen LogP contribution < -0.4 is 4.90 Å². The van der Waals surface area contributed by atoms with Crippen molar-refractivity contribution in [3.63, 3.8) is 0 Å². The summed E-state index contributed by atoms with van der Waals surface area (Å²) < 4.78 is 0. The predicted octanol–water partition coefficient (Wildman–Crippen LogP) is 16.3. The standard InChI is InChI=1S/C62H43N/c1-61(2)55-25-13-10-23-50(55)52-34-32-46(39-59(52)61)63(44-30-28-41(29-31-44)40-16-4-3-5-17-40)45-33-35-58-54(38-45)48-21-9-8-20-47(48)49-22-11-14-26-56(49)62(58)57-27-15-12-24-51(57)53-36-42-18-6-7-19-43(42)37-60(53)62/h3-39H,1-2H3. The monoisotopic (exact) mass is 801 g/mol. The zero-order valence-corrected chi connectivity index (χ0v) is 35.3. The lowest BCUT2D eigenvalue weighted by atomic mass is 9.65. The fraction of sp³-hybridized carbons (Fsp3) is 0.0645. The summed E-state index contributed by atoms with van der Waals surface area (Å²) >= 11 is 0. The Bertz CT molecular complexity index is 3480. The Morgan fingerprint density at radius 1 is 0.270 bits per heavy atom. The van der Waals surface area contributed by atoms with Crippen LogP contribution in [-0.2, 0) is 10.8 Å². The van der Waals surface area contributed by atoms with Crippen LogP contribution in [0.15, 0.2) is 224 Å². The molecule has 3 aliphatic carbocycles. The molecule has 0 saturated heterocycles. The Morgan fingerprint density at radius 2 is 0.714 bits per heavy atom. The van der Waals surface area contributed by atoms with Gasteiger partial charge in [0.15, 0.2) is 0 Å². The van der Waals surface area contributed by atoms with Crippen LogP contribution in [0.4, 0.5) is 17.1 Å². The Kier molecular flexibility index (Phi) is 7.64. The van der Waals surface area contributed by atoms with Crippen LogP contribution in [0.25, 0.3) is 66.4 Å². The highest BCUT2D eigenvalue weighted by atomic mass is 15.1. The van der Waals surface area contributed by atoms with Gasteiger partial charge in [-0.3, -0.25) is 0 Å². The zero-order valence-electron chi connectivity index (χ0n) is 35.3. The van der Waals surface area contributed by atoms with Crippen LogP contribution in [-0.4, -0.2) is 0 Å². The van der Waals surface area contributed by atoms with Crippen LogP contribution in [0.2, 0.25) is 0 Å². The minimum absolute atomic E-state index is 0.136. The highest BCUT2D eigenvalue weighted by molar-refractivity contribution is 6.01. The summed E-state index contributed by atoms with van der Waals surface area (Å²) in [5.74, 6) is 0. The van der Waals surface area contributed by atoms with Crippen LogP contribution in [0.1, 0.15) is 47.2 Å². The van der Waals surface area contributed by atoms with Crippen molar-refractivity contribution >= 4 is 27.8 Å². The van der Waals surface area contributed by atoms with E-state index in [0.717, 1.165) is 17.1 Å². The second kappa shape index (κ2) is 13.4. The molecule has 0 N–H and O–H groups in total. The summed E-state index contributed by atoms with van der Waals surface area (Å²) in [5.41, 5.74) is 23.4. The summed E-state index contributed by atoms with van der Waals surface area (Å²) in [6.07, 6.45) is 0. The molecule has 1 atom stereocenters. The van der Waals surface area contributed by atoms with Crippen molar-refractivity contribution in [3.8, 4) is 55.6 Å². The van der Waals surface area contributed by atoms with Crippen molar-refractivity contribution < 1.29 is 0 Å². The molecule has 0 aromatic heterocycles. The van der Waals surface area contributed by atoms with Gasteiger partial charge in [-0.1, -0.05) is 190 Å². The van der Waals surface area contributed by atoms with Gasteiger partial charge < -0.3 is 4.90 Å². The number of nitrogens with zero attached hydrogens (tertiary/aromatic N) is 1. The van der Waals surface area contributed by atoms with Crippen LogP contribution >= 0.6 is 0 Å². The van der Waals surface area contributed by atoms with E-state index >= 15 is 0 Å². The lowest BCUT2D eigenvalue weighted by Crippen LogP contribution is -2.29. The fourth-order valence-corrected chi connectivity index (χ4v) is 11.6. The number of fused-ring (bicyclic) bond motifs is 16. The Morgan fingerprint density at radius 3 is 1.41 bits per heavy atom. The van der Waals surface area contributed by atoms with Gasteiger partial charge in [0.25, 0.3) is 0 Å². The maximum absolute atomic E-state index is 2.49. The molecule has 0 amide bonds. The SMILES string of the molecule is CC1(C)c2ccccc2-c2ccc(N(c3ccc(-c4ccccc4)cc3)c3ccc4c(c3)-c3ccccc3-c3ccccc3C43c4ccccc4-c4cc5ccccc5cc43)cc21. The highest BCUT2D eigenvalue weighted by Crippen LogP contribution is 2.62. The van der Waals surface area contributed by atoms with E-state index < -0.39 is 5.41 Å². The minimum Gasteiger partial charge on any atom is -0.310 e. The lowest BCUT2D eigenvalue weighted by molar-refractivity contribution is 0.660. The molecule has 1 spiro atoms. The van der Waals surface area contributed by atoms with Crippen LogP contribution in [0.5, 0.6) is 0 Å². The normalized spacial score (nSPS) is 15.7. The first-order chi connectivity index (χ1) is 31.0. The molecule has 1 heteroatoms. The van der Waals surface area contributed by atoms with Crippen molar-refractivity contribution in [1.82, 2.24) is 0 Å². The molecule has 0 aliphatic heterocycles. The van der Waals surface area contributed by atoms with Gasteiger partial charge in [0.2, 0.25) is 0 Å². The van der Waals surface area contributed by atoms with E-state index in [0.29, 0.717) is 0 Å². The summed E-state index contributed by atoms with van der Waals surface area (Å²) in [6, 6.07) is 84.4. The molecule has 0 fully saturated rings. The summed E-state index contributed by atoms with van der Waals surface area (Å²) in [6.45, 7) is 4.74. The number of rotatable bonds is 4. The number of hydrogen-bond acceptors (Lipinski definition) is 1. The van der Waals surface area contributed by atoms with E-state index in [2.05, 4.69) is 243 Å². The van der Waals surface area contributed by atoms with Crippen LogP contribution in [0.3, 0.4) is 0 Å². The van der Waals surface area contributed by atoms with Gasteiger partial charge in [0.05, 0.1) is 5.41 Å². The Balaban J connectivity index is 1.09. The molecule has 0 saturated carbocycles. The third kappa shape index (κ3) is 5.05. The average Bonchev–Trinajstić information content (AvgIpc) is 3.71. The zero-order chi connectivity index (χ0) is 41.9. The first kappa shape index (κ1) is 36.0. The number of hydrogen-bond donors (Lipinski definition) is 0.